The Morgan fingerprint density at radius 2 is 1.95 bits per heavy atom. The lowest BCUT2D eigenvalue weighted by molar-refractivity contribution is 0.263. The first-order valence-corrected chi connectivity index (χ1v) is 9.18. The first-order valence-electron chi connectivity index (χ1n) is 7.36. The normalized spacial score (nSPS) is 17.2. The molecule has 1 fully saturated rings. The highest BCUT2D eigenvalue weighted by atomic mass is 35.5. The van der Waals surface area contributed by atoms with E-state index in [4.69, 9.17) is 11.6 Å². The van der Waals surface area contributed by atoms with E-state index in [0.29, 0.717) is 24.0 Å². The lowest BCUT2D eigenvalue weighted by atomic mass is 9.95. The molecule has 0 bridgehead atoms. The molecule has 7 heteroatoms. The molecule has 4 nitrogen and oxygen atoms in total. The number of aryl methyl sites for hydroxylation is 1. The molecule has 0 atom stereocenters. The van der Waals surface area contributed by atoms with Gasteiger partial charge in [-0.05, 0) is 63.4 Å². The first-order chi connectivity index (χ1) is 9.95. The molecule has 1 aliphatic heterocycles. The third-order valence-electron chi connectivity index (χ3n) is 4.08. The van der Waals surface area contributed by atoms with E-state index in [1.807, 2.05) is 14.0 Å². The number of nitrogens with one attached hydrogen (secondary N) is 1. The van der Waals surface area contributed by atoms with Crippen molar-refractivity contribution in [1.82, 2.24) is 9.62 Å². The van der Waals surface area contributed by atoms with Crippen LogP contribution in [-0.4, -0.2) is 39.4 Å². The molecule has 1 aromatic rings. The zero-order chi connectivity index (χ0) is 15.5. The number of piperidine rings is 1. The molecule has 0 aromatic heterocycles. The Morgan fingerprint density at radius 1 is 1.32 bits per heavy atom. The van der Waals surface area contributed by atoms with E-state index in [0.717, 1.165) is 31.4 Å². The quantitative estimate of drug-likeness (QED) is 0.870. The van der Waals surface area contributed by atoms with E-state index >= 15 is 0 Å². The fraction of sp³-hybridized carbons (Fsp3) is 0.600. The predicted molar refractivity (Wildman–Crippen MR) is 93.5 cm³/mol. The van der Waals surface area contributed by atoms with Gasteiger partial charge in [0.1, 0.15) is 4.90 Å². The summed E-state index contributed by atoms with van der Waals surface area (Å²) in [6.07, 6.45) is 2.95. The summed E-state index contributed by atoms with van der Waals surface area (Å²) in [5.74, 6) is 0.609. The summed E-state index contributed by atoms with van der Waals surface area (Å²) in [5, 5.41) is 3.46. The maximum Gasteiger partial charge on any atom is 0.244 e. The number of benzene rings is 1. The second-order valence-electron chi connectivity index (χ2n) is 5.67. The van der Waals surface area contributed by atoms with Crippen molar-refractivity contribution < 1.29 is 8.42 Å². The fourth-order valence-corrected chi connectivity index (χ4v) is 4.78. The molecule has 0 saturated carbocycles. The Bertz CT molecular complexity index is 585. The predicted octanol–water partition coefficient (Wildman–Crippen LogP) is 3.08. The van der Waals surface area contributed by atoms with E-state index in [-0.39, 0.29) is 17.3 Å². The second-order valence-corrected chi connectivity index (χ2v) is 7.99. The molecule has 1 aliphatic rings. The molecule has 126 valence electrons. The lowest BCUT2D eigenvalue weighted by Crippen LogP contribution is -2.39. The van der Waals surface area contributed by atoms with Gasteiger partial charge in [0.05, 0.1) is 5.02 Å². The highest BCUT2D eigenvalue weighted by molar-refractivity contribution is 7.89. The van der Waals surface area contributed by atoms with Crippen LogP contribution in [0.4, 0.5) is 0 Å². The number of halogens is 2. The summed E-state index contributed by atoms with van der Waals surface area (Å²) >= 11 is 6.12. The van der Waals surface area contributed by atoms with Crippen molar-refractivity contribution in [1.29, 1.82) is 0 Å². The summed E-state index contributed by atoms with van der Waals surface area (Å²) < 4.78 is 26.9. The Morgan fingerprint density at radius 3 is 2.50 bits per heavy atom. The summed E-state index contributed by atoms with van der Waals surface area (Å²) in [7, 11) is -1.52. The molecular formula is C15H24Cl2N2O2S. The van der Waals surface area contributed by atoms with Crippen LogP contribution < -0.4 is 5.32 Å². The van der Waals surface area contributed by atoms with Gasteiger partial charge in [-0.2, -0.15) is 4.31 Å². The second kappa shape index (κ2) is 8.50. The van der Waals surface area contributed by atoms with Crippen LogP contribution in [0.3, 0.4) is 0 Å². The molecule has 0 unspecified atom stereocenters. The lowest BCUT2D eigenvalue weighted by Gasteiger charge is -2.31. The van der Waals surface area contributed by atoms with Crippen LogP contribution >= 0.6 is 24.0 Å². The SMILES string of the molecule is CNCCC1CCN(S(=O)(=O)c2ccc(C)cc2Cl)CC1.Cl. The van der Waals surface area contributed by atoms with Gasteiger partial charge < -0.3 is 5.32 Å². The van der Waals surface area contributed by atoms with Crippen LogP contribution in [0.2, 0.25) is 5.02 Å². The third kappa shape index (κ3) is 4.59. The Kier molecular flexibility index (Phi) is 7.62. The number of sulfonamides is 1. The molecule has 0 radical (unpaired) electrons. The fourth-order valence-electron chi connectivity index (χ4n) is 2.74. The molecule has 0 spiro atoms. The zero-order valence-electron chi connectivity index (χ0n) is 13.0. The highest BCUT2D eigenvalue weighted by Crippen LogP contribution is 2.29. The Hall–Kier alpha value is -0.330. The third-order valence-corrected chi connectivity index (χ3v) is 6.46. The van der Waals surface area contributed by atoms with E-state index in [9.17, 15) is 8.42 Å². The molecular weight excluding hydrogens is 343 g/mol. The van der Waals surface area contributed by atoms with Gasteiger partial charge >= 0.3 is 0 Å². The number of hydrogen-bond donors (Lipinski definition) is 1. The molecule has 1 aromatic carbocycles. The van der Waals surface area contributed by atoms with Gasteiger partial charge in [0, 0.05) is 13.1 Å². The molecule has 2 rings (SSSR count). The summed E-state index contributed by atoms with van der Waals surface area (Å²) in [5.41, 5.74) is 0.963. The van der Waals surface area contributed by atoms with E-state index in [1.165, 1.54) is 0 Å². The van der Waals surface area contributed by atoms with Crippen LogP contribution in [0.15, 0.2) is 23.1 Å². The smallest absolute Gasteiger partial charge is 0.244 e. The van der Waals surface area contributed by atoms with Gasteiger partial charge in [-0.1, -0.05) is 17.7 Å². The Balaban J connectivity index is 0.00000242. The zero-order valence-corrected chi connectivity index (χ0v) is 15.4. The first kappa shape index (κ1) is 19.7. The van der Waals surface area contributed by atoms with E-state index in [2.05, 4.69) is 5.32 Å². The minimum absolute atomic E-state index is 0. The largest absolute Gasteiger partial charge is 0.320 e. The number of nitrogens with zero attached hydrogens (tertiary/aromatic N) is 1. The Labute approximate surface area is 144 Å². The number of rotatable bonds is 5. The summed E-state index contributed by atoms with van der Waals surface area (Å²) in [6, 6.07) is 5.10. The van der Waals surface area contributed by atoms with Crippen LogP contribution in [0, 0.1) is 12.8 Å². The van der Waals surface area contributed by atoms with Crippen molar-refractivity contribution in [3.8, 4) is 0 Å². The average molecular weight is 367 g/mol. The highest BCUT2D eigenvalue weighted by Gasteiger charge is 2.30. The van der Waals surface area contributed by atoms with Crippen molar-refractivity contribution in [3.05, 3.63) is 28.8 Å². The van der Waals surface area contributed by atoms with Crippen molar-refractivity contribution in [2.45, 2.75) is 31.1 Å². The standard InChI is InChI=1S/C15H23ClN2O2S.ClH/c1-12-3-4-15(14(16)11-12)21(19,20)18-9-6-13(7-10-18)5-8-17-2;/h3-4,11,13,17H,5-10H2,1-2H3;1H. The maximum absolute atomic E-state index is 12.7. The topological polar surface area (TPSA) is 49.4 Å². The summed E-state index contributed by atoms with van der Waals surface area (Å²) in [4.78, 5) is 0.225. The van der Waals surface area contributed by atoms with Crippen molar-refractivity contribution in [2.75, 3.05) is 26.7 Å². The van der Waals surface area contributed by atoms with Crippen LogP contribution in [-0.2, 0) is 10.0 Å². The molecule has 0 aliphatic carbocycles. The van der Waals surface area contributed by atoms with Gasteiger partial charge in [0.2, 0.25) is 10.0 Å². The average Bonchev–Trinajstić information content (AvgIpc) is 2.45. The monoisotopic (exact) mass is 366 g/mol. The van der Waals surface area contributed by atoms with Crippen LogP contribution in [0.5, 0.6) is 0 Å². The van der Waals surface area contributed by atoms with Gasteiger partial charge in [-0.25, -0.2) is 8.42 Å². The number of hydrogen-bond acceptors (Lipinski definition) is 3. The van der Waals surface area contributed by atoms with Crippen molar-refractivity contribution in [2.24, 2.45) is 5.92 Å². The van der Waals surface area contributed by atoms with Crippen LogP contribution in [0.1, 0.15) is 24.8 Å². The minimum Gasteiger partial charge on any atom is -0.320 e. The van der Waals surface area contributed by atoms with Gasteiger partial charge in [0.25, 0.3) is 0 Å². The molecule has 0 amide bonds. The van der Waals surface area contributed by atoms with E-state index < -0.39 is 10.0 Å². The molecule has 22 heavy (non-hydrogen) atoms. The minimum atomic E-state index is -3.47. The summed E-state index contributed by atoms with van der Waals surface area (Å²) in [6.45, 7) is 4.05. The molecule has 1 N–H and O–H groups in total. The van der Waals surface area contributed by atoms with Gasteiger partial charge in [-0.15, -0.1) is 12.4 Å². The van der Waals surface area contributed by atoms with Crippen molar-refractivity contribution >= 4 is 34.0 Å². The van der Waals surface area contributed by atoms with Crippen molar-refractivity contribution in [3.63, 3.8) is 0 Å². The van der Waals surface area contributed by atoms with Gasteiger partial charge in [0.15, 0.2) is 0 Å². The molecule has 1 saturated heterocycles. The van der Waals surface area contributed by atoms with E-state index in [1.54, 1.807) is 22.5 Å². The molecule has 1 heterocycles. The van der Waals surface area contributed by atoms with Crippen LogP contribution in [0.25, 0.3) is 0 Å². The maximum atomic E-state index is 12.7. The van der Waals surface area contributed by atoms with Gasteiger partial charge in [-0.3, -0.25) is 0 Å².